The average Bonchev–Trinajstić information content (AvgIpc) is 2.95. The van der Waals surface area contributed by atoms with Gasteiger partial charge in [0.25, 0.3) is 17.7 Å². The first-order chi connectivity index (χ1) is 13.4. The van der Waals surface area contributed by atoms with E-state index >= 15 is 0 Å². The van der Waals surface area contributed by atoms with Crippen molar-refractivity contribution in [2.75, 3.05) is 18.1 Å². The molecule has 0 saturated heterocycles. The molecule has 0 radical (unpaired) electrons. The average molecular weight is 376 g/mol. The molecule has 7 nitrogen and oxygen atoms in total. The van der Waals surface area contributed by atoms with E-state index in [9.17, 15) is 19.2 Å². The van der Waals surface area contributed by atoms with E-state index in [2.05, 4.69) is 11.2 Å². The van der Waals surface area contributed by atoms with Gasteiger partial charge in [0.1, 0.15) is 0 Å². The molecule has 7 heteroatoms. The highest BCUT2D eigenvalue weighted by Crippen LogP contribution is 2.31. The Morgan fingerprint density at radius 1 is 1.11 bits per heavy atom. The number of terminal acetylenes is 1. The van der Waals surface area contributed by atoms with Crippen molar-refractivity contribution in [3.8, 4) is 12.3 Å². The Labute approximate surface area is 161 Å². The summed E-state index contributed by atoms with van der Waals surface area (Å²) in [6.07, 6.45) is 5.03. The Morgan fingerprint density at radius 3 is 2.54 bits per heavy atom. The summed E-state index contributed by atoms with van der Waals surface area (Å²) in [6.45, 7) is 1.33. The molecule has 0 atom stereocenters. The highest BCUT2D eigenvalue weighted by atomic mass is 16.5. The molecule has 0 fully saturated rings. The van der Waals surface area contributed by atoms with E-state index < -0.39 is 30.3 Å². The van der Waals surface area contributed by atoms with Crippen LogP contribution in [0.2, 0.25) is 0 Å². The SMILES string of the molecule is C#CCNC(=O)COC(=O)c1ccc2c(c1)C(=O)N(c1ccccc1C)C2=O. The summed E-state index contributed by atoms with van der Waals surface area (Å²) in [7, 11) is 0. The summed E-state index contributed by atoms with van der Waals surface area (Å²) in [4.78, 5) is 50.2. The van der Waals surface area contributed by atoms with E-state index in [0.717, 1.165) is 10.5 Å². The van der Waals surface area contributed by atoms with Crippen LogP contribution in [0.1, 0.15) is 36.6 Å². The number of nitrogens with zero attached hydrogens (tertiary/aromatic N) is 1. The van der Waals surface area contributed by atoms with Crippen molar-refractivity contribution in [3.63, 3.8) is 0 Å². The van der Waals surface area contributed by atoms with E-state index in [1.807, 2.05) is 6.07 Å². The van der Waals surface area contributed by atoms with E-state index in [4.69, 9.17) is 11.2 Å². The summed E-state index contributed by atoms with van der Waals surface area (Å²) < 4.78 is 4.91. The van der Waals surface area contributed by atoms with Crippen molar-refractivity contribution in [2.24, 2.45) is 0 Å². The number of hydrogen-bond acceptors (Lipinski definition) is 5. The van der Waals surface area contributed by atoms with Gasteiger partial charge < -0.3 is 10.1 Å². The molecule has 0 unspecified atom stereocenters. The van der Waals surface area contributed by atoms with Crippen LogP contribution in [0.25, 0.3) is 0 Å². The Kier molecular flexibility index (Phi) is 5.23. The number of hydrogen-bond donors (Lipinski definition) is 1. The van der Waals surface area contributed by atoms with Crippen LogP contribution in [0.5, 0.6) is 0 Å². The molecule has 3 rings (SSSR count). The second-order valence-corrected chi connectivity index (χ2v) is 6.05. The number of imide groups is 1. The fourth-order valence-electron chi connectivity index (χ4n) is 2.82. The zero-order valence-corrected chi connectivity index (χ0v) is 15.0. The van der Waals surface area contributed by atoms with Crippen LogP contribution in [0, 0.1) is 19.3 Å². The summed E-state index contributed by atoms with van der Waals surface area (Å²) in [5, 5.41) is 2.37. The number of anilines is 1. The number of fused-ring (bicyclic) bond motifs is 1. The topological polar surface area (TPSA) is 92.8 Å². The van der Waals surface area contributed by atoms with Crippen LogP contribution < -0.4 is 10.2 Å². The first kappa shape index (κ1) is 18.9. The molecule has 0 aromatic heterocycles. The zero-order valence-electron chi connectivity index (χ0n) is 15.0. The number of benzene rings is 2. The lowest BCUT2D eigenvalue weighted by atomic mass is 10.1. The van der Waals surface area contributed by atoms with Crippen molar-refractivity contribution in [2.45, 2.75) is 6.92 Å². The second-order valence-electron chi connectivity index (χ2n) is 6.05. The van der Waals surface area contributed by atoms with Gasteiger partial charge >= 0.3 is 5.97 Å². The lowest BCUT2D eigenvalue weighted by Crippen LogP contribution is -2.30. The maximum Gasteiger partial charge on any atom is 0.338 e. The molecule has 1 aliphatic rings. The van der Waals surface area contributed by atoms with Crippen molar-refractivity contribution >= 4 is 29.4 Å². The van der Waals surface area contributed by atoms with Gasteiger partial charge in [0.15, 0.2) is 6.61 Å². The lowest BCUT2D eigenvalue weighted by Gasteiger charge is -2.16. The van der Waals surface area contributed by atoms with Gasteiger partial charge in [0.2, 0.25) is 0 Å². The van der Waals surface area contributed by atoms with Gasteiger partial charge in [-0.25, -0.2) is 9.69 Å². The number of nitrogens with one attached hydrogen (secondary N) is 1. The Balaban J connectivity index is 1.80. The second kappa shape index (κ2) is 7.76. The predicted molar refractivity (Wildman–Crippen MR) is 101 cm³/mol. The molecule has 0 aliphatic carbocycles. The maximum atomic E-state index is 12.8. The molecule has 0 bridgehead atoms. The fraction of sp³-hybridized carbons (Fsp3) is 0.143. The van der Waals surface area contributed by atoms with Gasteiger partial charge in [-0.2, -0.15) is 0 Å². The molecule has 140 valence electrons. The molecule has 0 saturated carbocycles. The zero-order chi connectivity index (χ0) is 20.3. The minimum Gasteiger partial charge on any atom is -0.452 e. The standard InChI is InChI=1S/C21H16N2O5/c1-3-10-22-18(24)12-28-21(27)14-8-9-15-16(11-14)20(26)23(19(15)25)17-7-5-4-6-13(17)2/h1,4-9,11H,10,12H2,2H3,(H,22,24). The summed E-state index contributed by atoms with van der Waals surface area (Å²) in [6, 6.07) is 11.1. The van der Waals surface area contributed by atoms with E-state index in [1.165, 1.54) is 18.2 Å². The highest BCUT2D eigenvalue weighted by molar-refractivity contribution is 6.34. The number of esters is 1. The van der Waals surface area contributed by atoms with Gasteiger partial charge in [-0.3, -0.25) is 14.4 Å². The molecule has 3 amide bonds. The van der Waals surface area contributed by atoms with Gasteiger partial charge in [0.05, 0.1) is 28.9 Å². The maximum absolute atomic E-state index is 12.8. The number of amides is 3. The fourth-order valence-corrected chi connectivity index (χ4v) is 2.82. The van der Waals surface area contributed by atoms with Crippen molar-refractivity contribution in [1.29, 1.82) is 0 Å². The normalized spacial score (nSPS) is 12.4. The van der Waals surface area contributed by atoms with Crippen LogP contribution in [-0.2, 0) is 9.53 Å². The van der Waals surface area contributed by atoms with Crippen molar-refractivity contribution in [1.82, 2.24) is 5.32 Å². The molecule has 1 N–H and O–H groups in total. The predicted octanol–water partition coefficient (Wildman–Crippen LogP) is 1.70. The quantitative estimate of drug-likeness (QED) is 0.487. The van der Waals surface area contributed by atoms with Gasteiger partial charge in [0, 0.05) is 0 Å². The van der Waals surface area contributed by atoms with Crippen molar-refractivity contribution < 1.29 is 23.9 Å². The first-order valence-electron chi connectivity index (χ1n) is 8.39. The van der Waals surface area contributed by atoms with Crippen LogP contribution >= 0.6 is 0 Å². The third-order valence-corrected chi connectivity index (χ3v) is 4.20. The van der Waals surface area contributed by atoms with E-state index in [0.29, 0.717) is 5.69 Å². The molecule has 2 aromatic rings. The largest absolute Gasteiger partial charge is 0.452 e. The van der Waals surface area contributed by atoms with Gasteiger partial charge in [-0.1, -0.05) is 24.1 Å². The monoisotopic (exact) mass is 376 g/mol. The smallest absolute Gasteiger partial charge is 0.338 e. The number of aryl methyl sites for hydroxylation is 1. The third-order valence-electron chi connectivity index (χ3n) is 4.20. The molecule has 0 spiro atoms. The van der Waals surface area contributed by atoms with Crippen molar-refractivity contribution in [3.05, 3.63) is 64.7 Å². The molecule has 2 aromatic carbocycles. The van der Waals surface area contributed by atoms with Crippen LogP contribution in [-0.4, -0.2) is 36.8 Å². The molecule has 28 heavy (non-hydrogen) atoms. The Hall–Kier alpha value is -3.92. The Morgan fingerprint density at radius 2 is 1.82 bits per heavy atom. The van der Waals surface area contributed by atoms with Gasteiger partial charge in [-0.15, -0.1) is 6.42 Å². The number of para-hydroxylation sites is 1. The van der Waals surface area contributed by atoms with E-state index in [-0.39, 0.29) is 23.2 Å². The van der Waals surface area contributed by atoms with Crippen LogP contribution in [0.3, 0.4) is 0 Å². The molecular formula is C21H16N2O5. The number of rotatable bonds is 5. The summed E-state index contributed by atoms with van der Waals surface area (Å²) >= 11 is 0. The number of carbonyl (C=O) groups is 4. The molecule has 1 aliphatic heterocycles. The third kappa shape index (κ3) is 3.48. The van der Waals surface area contributed by atoms with Crippen LogP contribution in [0.15, 0.2) is 42.5 Å². The Bertz CT molecular complexity index is 1040. The summed E-state index contributed by atoms with van der Waals surface area (Å²) in [5.41, 5.74) is 1.64. The first-order valence-corrected chi connectivity index (χ1v) is 8.39. The number of ether oxygens (including phenoxy) is 1. The highest BCUT2D eigenvalue weighted by Gasteiger charge is 2.37. The summed E-state index contributed by atoms with van der Waals surface area (Å²) in [5.74, 6) is -0.0649. The van der Waals surface area contributed by atoms with E-state index in [1.54, 1.807) is 25.1 Å². The minimum absolute atomic E-state index is 0.0284. The lowest BCUT2D eigenvalue weighted by molar-refractivity contribution is -0.123. The van der Waals surface area contributed by atoms with Gasteiger partial charge in [-0.05, 0) is 36.8 Å². The molecule has 1 heterocycles. The molecular weight excluding hydrogens is 360 g/mol. The van der Waals surface area contributed by atoms with Crippen LogP contribution in [0.4, 0.5) is 5.69 Å². The minimum atomic E-state index is -0.784. The number of carbonyl (C=O) groups excluding carboxylic acids is 4.